The SMILES string of the molecule is COC(=O)[C@H](Cc1ccc(OS(=O)(=O)C(F)(F)F)cc1)N(C/C=C/c1cc(C)c2c(c1)CC[C@@](C)(C[C@H](C)C[C@H](C)CC(C)C)O2)S(=O)(=O)C(F)(F)F. The zero-order valence-electron chi connectivity index (χ0n) is 30.7. The van der Waals surface area contributed by atoms with E-state index in [4.69, 9.17) is 4.74 Å². The fourth-order valence-corrected chi connectivity index (χ4v) is 8.39. The van der Waals surface area contributed by atoms with Crippen molar-refractivity contribution in [3.63, 3.8) is 0 Å². The Morgan fingerprint density at radius 3 is 2.13 bits per heavy atom. The Morgan fingerprint density at radius 1 is 0.962 bits per heavy atom. The average molecular weight is 800 g/mol. The van der Waals surface area contributed by atoms with Crippen LogP contribution in [0.25, 0.3) is 6.08 Å². The number of ether oxygens (including phenoxy) is 2. The van der Waals surface area contributed by atoms with Gasteiger partial charge in [0.05, 0.1) is 7.11 Å². The molecule has 0 aromatic heterocycles. The number of benzene rings is 2. The van der Waals surface area contributed by atoms with Gasteiger partial charge in [0, 0.05) is 6.54 Å². The maximum atomic E-state index is 13.9. The van der Waals surface area contributed by atoms with E-state index in [0.717, 1.165) is 80.0 Å². The van der Waals surface area contributed by atoms with Crippen LogP contribution in [0.15, 0.2) is 42.5 Å². The maximum Gasteiger partial charge on any atom is 0.534 e. The Kier molecular flexibility index (Phi) is 14.1. The first-order chi connectivity index (χ1) is 24.3. The molecule has 0 unspecified atom stereocenters. The van der Waals surface area contributed by atoms with Crippen molar-refractivity contribution in [3.8, 4) is 11.5 Å². The summed E-state index contributed by atoms with van der Waals surface area (Å²) in [5.74, 6) is 0.267. The van der Waals surface area contributed by atoms with Crippen molar-refractivity contribution in [2.45, 2.75) is 103 Å². The lowest BCUT2D eigenvalue weighted by Crippen LogP contribution is -2.51. The lowest BCUT2D eigenvalue weighted by Gasteiger charge is -2.39. The van der Waals surface area contributed by atoms with Crippen LogP contribution >= 0.6 is 0 Å². The number of sulfonamides is 1. The van der Waals surface area contributed by atoms with Crippen LogP contribution < -0.4 is 8.92 Å². The summed E-state index contributed by atoms with van der Waals surface area (Å²) in [7, 11) is -11.3. The van der Waals surface area contributed by atoms with Crippen LogP contribution in [0.2, 0.25) is 0 Å². The molecule has 0 saturated carbocycles. The second-order valence-electron chi connectivity index (χ2n) is 14.5. The molecule has 1 aliphatic rings. The molecule has 53 heavy (non-hydrogen) atoms. The molecule has 1 aliphatic heterocycles. The first kappa shape index (κ1) is 44.1. The first-order valence-corrected chi connectivity index (χ1v) is 19.9. The molecule has 0 saturated heterocycles. The van der Waals surface area contributed by atoms with E-state index in [1.54, 1.807) is 6.07 Å². The number of halogens is 6. The molecule has 0 bridgehead atoms. The van der Waals surface area contributed by atoms with Gasteiger partial charge in [-0.05, 0) is 117 Å². The predicted octanol–water partition coefficient (Wildman–Crippen LogP) is 8.35. The largest absolute Gasteiger partial charge is 0.534 e. The summed E-state index contributed by atoms with van der Waals surface area (Å²) in [4.78, 5) is 12.8. The number of methoxy groups -OCH3 is 1. The molecule has 0 fully saturated rings. The Labute approximate surface area is 307 Å². The number of nitrogens with zero attached hydrogens (tertiary/aromatic N) is 1. The zero-order chi connectivity index (χ0) is 40.2. The van der Waals surface area contributed by atoms with E-state index in [1.165, 1.54) is 6.08 Å². The minimum absolute atomic E-state index is 0.0414. The Hall–Kier alpha value is -3.31. The van der Waals surface area contributed by atoms with Crippen LogP contribution in [0.4, 0.5) is 26.3 Å². The summed E-state index contributed by atoms with van der Waals surface area (Å²) in [6, 6.07) is 5.00. The molecule has 4 atom stereocenters. The van der Waals surface area contributed by atoms with Gasteiger partial charge in [0.2, 0.25) is 0 Å². The number of rotatable bonds is 16. The second kappa shape index (κ2) is 17.0. The van der Waals surface area contributed by atoms with Gasteiger partial charge in [-0.25, -0.2) is 8.42 Å². The Morgan fingerprint density at radius 2 is 1.58 bits per heavy atom. The molecule has 0 amide bonds. The predicted molar refractivity (Wildman–Crippen MR) is 188 cm³/mol. The molecule has 0 N–H and O–H groups in total. The molecule has 9 nitrogen and oxygen atoms in total. The highest BCUT2D eigenvalue weighted by Crippen LogP contribution is 2.41. The third kappa shape index (κ3) is 11.6. The van der Waals surface area contributed by atoms with Crippen LogP contribution in [0.1, 0.15) is 82.6 Å². The van der Waals surface area contributed by atoms with Crippen LogP contribution in [-0.4, -0.2) is 63.4 Å². The summed E-state index contributed by atoms with van der Waals surface area (Å²) >= 11 is 0. The highest BCUT2D eigenvalue weighted by Gasteiger charge is 2.53. The maximum absolute atomic E-state index is 13.9. The van der Waals surface area contributed by atoms with E-state index in [1.807, 2.05) is 13.0 Å². The smallest absolute Gasteiger partial charge is 0.487 e. The van der Waals surface area contributed by atoms with E-state index < -0.39 is 61.9 Å². The van der Waals surface area contributed by atoms with Crippen LogP contribution in [0, 0.1) is 24.7 Å². The van der Waals surface area contributed by atoms with Crippen molar-refractivity contribution < 1.29 is 61.6 Å². The monoisotopic (exact) mass is 799 g/mol. The lowest BCUT2D eigenvalue weighted by molar-refractivity contribution is -0.145. The third-order valence-electron chi connectivity index (χ3n) is 8.96. The van der Waals surface area contributed by atoms with Gasteiger partial charge < -0.3 is 13.7 Å². The normalized spacial score (nSPS) is 18.8. The van der Waals surface area contributed by atoms with Crippen LogP contribution in [0.3, 0.4) is 0 Å². The number of esters is 1. The Balaban J connectivity index is 1.85. The van der Waals surface area contributed by atoms with Gasteiger partial charge in [-0.3, -0.25) is 4.79 Å². The van der Waals surface area contributed by atoms with Gasteiger partial charge in [-0.1, -0.05) is 52.0 Å². The molecule has 298 valence electrons. The molecule has 17 heteroatoms. The summed E-state index contributed by atoms with van der Waals surface area (Å²) in [6.45, 7) is 12.0. The number of aryl methyl sites for hydroxylation is 2. The second-order valence-corrected chi connectivity index (χ2v) is 17.9. The van der Waals surface area contributed by atoms with Gasteiger partial charge in [-0.2, -0.15) is 39.1 Å². The minimum Gasteiger partial charge on any atom is -0.487 e. The number of carbonyl (C=O) groups excluding carboxylic acids is 1. The Bertz CT molecular complexity index is 1830. The molecular formula is C36H47F6NO8S2. The fraction of sp³-hybridized carbons (Fsp3) is 0.583. The van der Waals surface area contributed by atoms with Crippen molar-refractivity contribution in [2.75, 3.05) is 13.7 Å². The molecule has 3 rings (SSSR count). The first-order valence-electron chi connectivity index (χ1n) is 17.0. The van der Waals surface area contributed by atoms with E-state index in [0.29, 0.717) is 29.7 Å². The van der Waals surface area contributed by atoms with E-state index in [-0.39, 0.29) is 15.5 Å². The highest BCUT2D eigenvalue weighted by molar-refractivity contribution is 7.90. The van der Waals surface area contributed by atoms with Gasteiger partial charge in [0.25, 0.3) is 0 Å². The third-order valence-corrected chi connectivity index (χ3v) is 11.5. The van der Waals surface area contributed by atoms with E-state index in [9.17, 15) is 48.0 Å². The molecular weight excluding hydrogens is 753 g/mol. The number of fused-ring (bicyclic) bond motifs is 1. The number of alkyl halides is 6. The minimum atomic E-state index is -6.14. The number of hydrogen-bond acceptors (Lipinski definition) is 8. The van der Waals surface area contributed by atoms with Crippen molar-refractivity contribution >= 4 is 32.2 Å². The van der Waals surface area contributed by atoms with Gasteiger partial charge in [0.15, 0.2) is 0 Å². The van der Waals surface area contributed by atoms with E-state index in [2.05, 4.69) is 43.5 Å². The fourth-order valence-electron chi connectivity index (χ4n) is 6.89. The summed E-state index contributed by atoms with van der Waals surface area (Å²) in [5, 5.41) is 0. The van der Waals surface area contributed by atoms with Crippen LogP contribution in [0.5, 0.6) is 11.5 Å². The summed E-state index contributed by atoms with van der Waals surface area (Å²) in [5.41, 5.74) is -9.71. The van der Waals surface area contributed by atoms with Gasteiger partial charge in [-0.15, -0.1) is 0 Å². The zero-order valence-corrected chi connectivity index (χ0v) is 32.3. The van der Waals surface area contributed by atoms with Crippen molar-refractivity contribution in [2.24, 2.45) is 17.8 Å². The number of carbonyl (C=O) groups is 1. The quantitative estimate of drug-likeness (QED) is 0.0721. The standard InChI is InChI=1S/C36H47F6NO8S2/c1-23(2)17-24(3)18-25(4)22-34(6)15-14-29-20-28(19-26(5)32(29)50-34)9-8-16-43(52(45,46)35(37,38)39)31(33(44)49-7)21-27-10-12-30(13-11-27)51-53(47,48)36(40,41)42/h8-13,19-20,23-25,31H,14-18,21-22H2,1-7H3/b9-8+/t24-,25-,31+,34+/m1/s1. The van der Waals surface area contributed by atoms with Gasteiger partial charge in [0.1, 0.15) is 23.1 Å². The lowest BCUT2D eigenvalue weighted by atomic mass is 9.80. The summed E-state index contributed by atoms with van der Waals surface area (Å²) in [6.07, 6.45) is 6.42. The highest BCUT2D eigenvalue weighted by atomic mass is 32.2. The molecule has 0 spiro atoms. The molecule has 2 aromatic rings. The van der Waals surface area contributed by atoms with Gasteiger partial charge >= 0.3 is 37.1 Å². The molecule has 1 heterocycles. The number of hydrogen-bond donors (Lipinski definition) is 0. The van der Waals surface area contributed by atoms with Crippen molar-refractivity contribution in [3.05, 3.63) is 64.7 Å². The average Bonchev–Trinajstić information content (AvgIpc) is 3.01. The summed E-state index contributed by atoms with van der Waals surface area (Å²) < 4.78 is 143. The van der Waals surface area contributed by atoms with E-state index >= 15 is 0 Å². The van der Waals surface area contributed by atoms with Crippen molar-refractivity contribution in [1.82, 2.24) is 4.31 Å². The van der Waals surface area contributed by atoms with Crippen molar-refractivity contribution in [1.29, 1.82) is 0 Å². The topological polar surface area (TPSA) is 116 Å². The van der Waals surface area contributed by atoms with Crippen LogP contribution in [-0.2, 0) is 42.5 Å². The molecule has 0 aliphatic carbocycles. The molecule has 0 radical (unpaired) electrons. The molecule has 2 aromatic carbocycles.